The number of aromatic nitrogens is 4. The molecule has 0 unspecified atom stereocenters. The molecule has 0 spiro atoms. The van der Waals surface area contributed by atoms with Crippen LogP contribution in [0.25, 0.3) is 0 Å². The second-order valence-electron chi connectivity index (χ2n) is 6.47. The van der Waals surface area contributed by atoms with Gasteiger partial charge in [0.25, 0.3) is 0 Å². The van der Waals surface area contributed by atoms with Gasteiger partial charge in [-0.1, -0.05) is 41.9 Å². The molecule has 0 amide bonds. The van der Waals surface area contributed by atoms with E-state index in [1.165, 1.54) is 0 Å². The predicted molar refractivity (Wildman–Crippen MR) is 104 cm³/mol. The summed E-state index contributed by atoms with van der Waals surface area (Å²) >= 11 is 0. The molecule has 1 heterocycles. The van der Waals surface area contributed by atoms with Crippen molar-refractivity contribution in [2.24, 2.45) is 5.16 Å². The van der Waals surface area contributed by atoms with E-state index in [1.807, 2.05) is 37.3 Å². The third kappa shape index (κ3) is 4.46. The van der Waals surface area contributed by atoms with Gasteiger partial charge in [0.1, 0.15) is 18.1 Å². The highest BCUT2D eigenvalue weighted by Crippen LogP contribution is 2.29. The molecule has 3 rings (SSSR count). The quantitative estimate of drug-likeness (QED) is 0.313. The van der Waals surface area contributed by atoms with Crippen LogP contribution in [0.15, 0.2) is 41.6 Å². The number of aromatic hydroxyl groups is 1. The number of aromatic amines is 1. The van der Waals surface area contributed by atoms with E-state index in [2.05, 4.69) is 25.8 Å². The summed E-state index contributed by atoms with van der Waals surface area (Å²) in [4.78, 5) is 0. The van der Waals surface area contributed by atoms with Gasteiger partial charge < -0.3 is 15.1 Å². The topological polar surface area (TPSA) is 117 Å². The Morgan fingerprint density at radius 1 is 1.18 bits per heavy atom. The van der Waals surface area contributed by atoms with Gasteiger partial charge >= 0.3 is 0 Å². The summed E-state index contributed by atoms with van der Waals surface area (Å²) in [6.07, 6.45) is 2.18. The molecule has 8 heteroatoms. The lowest BCUT2D eigenvalue weighted by Gasteiger charge is -2.15. The van der Waals surface area contributed by atoms with Crippen LogP contribution in [0.3, 0.4) is 0 Å². The van der Waals surface area contributed by atoms with Crippen molar-refractivity contribution in [3.8, 4) is 11.5 Å². The Morgan fingerprint density at radius 3 is 2.61 bits per heavy atom. The third-order valence-corrected chi connectivity index (χ3v) is 4.49. The number of ether oxygens (including phenoxy) is 1. The predicted octanol–water partition coefficient (Wildman–Crippen LogP) is 3.23. The standard InChI is InChI=1S/C20H23N5O3/c1-3-4-18-15(7-10-17(20(18)26)13(2)23-27)12-28-16-8-5-14(6-9-16)11-19-21-24-25-22-19/h5-10,26-27H,3-4,11-12H2,1-2H3,(H,21,22,24,25)/b23-13-. The normalized spacial score (nSPS) is 11.6. The van der Waals surface area contributed by atoms with Crippen LogP contribution >= 0.6 is 0 Å². The highest BCUT2D eigenvalue weighted by molar-refractivity contribution is 6.01. The minimum atomic E-state index is 0.147. The first-order valence-electron chi connectivity index (χ1n) is 9.09. The molecule has 146 valence electrons. The zero-order valence-corrected chi connectivity index (χ0v) is 15.9. The lowest BCUT2D eigenvalue weighted by Crippen LogP contribution is -2.05. The van der Waals surface area contributed by atoms with E-state index in [1.54, 1.807) is 13.0 Å². The SMILES string of the molecule is CCCc1c(COc2ccc(Cc3nn[nH]n3)cc2)ccc(/C(C)=N\O)c1O. The molecule has 0 bridgehead atoms. The second kappa shape index (κ2) is 8.98. The van der Waals surface area contributed by atoms with Crippen molar-refractivity contribution in [1.29, 1.82) is 0 Å². The van der Waals surface area contributed by atoms with Crippen molar-refractivity contribution >= 4 is 5.71 Å². The van der Waals surface area contributed by atoms with Gasteiger partial charge in [-0.25, -0.2) is 0 Å². The van der Waals surface area contributed by atoms with Gasteiger partial charge in [0.2, 0.25) is 0 Å². The average Bonchev–Trinajstić information content (AvgIpc) is 3.22. The third-order valence-electron chi connectivity index (χ3n) is 4.49. The maximum atomic E-state index is 10.6. The number of phenols is 1. The van der Waals surface area contributed by atoms with Crippen LogP contribution in [0.2, 0.25) is 0 Å². The Hall–Kier alpha value is -3.42. The number of rotatable bonds is 8. The number of oxime groups is 1. The van der Waals surface area contributed by atoms with Crippen molar-refractivity contribution in [2.75, 3.05) is 0 Å². The molecule has 28 heavy (non-hydrogen) atoms. The molecule has 1 aromatic heterocycles. The summed E-state index contributed by atoms with van der Waals surface area (Å²) in [6.45, 7) is 4.03. The van der Waals surface area contributed by atoms with Gasteiger partial charge in [-0.15, -0.1) is 10.2 Å². The minimum absolute atomic E-state index is 0.147. The maximum Gasteiger partial charge on any atom is 0.178 e. The Labute approximate surface area is 162 Å². The zero-order chi connectivity index (χ0) is 19.9. The molecule has 0 aliphatic heterocycles. The molecular formula is C20H23N5O3. The number of tetrazole rings is 1. The lowest BCUT2D eigenvalue weighted by atomic mass is 9.97. The van der Waals surface area contributed by atoms with E-state index in [0.29, 0.717) is 36.5 Å². The summed E-state index contributed by atoms with van der Waals surface area (Å²) in [5.74, 6) is 1.51. The van der Waals surface area contributed by atoms with Crippen molar-refractivity contribution in [3.63, 3.8) is 0 Å². The highest BCUT2D eigenvalue weighted by Gasteiger charge is 2.15. The van der Waals surface area contributed by atoms with Gasteiger partial charge in [-0.2, -0.15) is 5.21 Å². The monoisotopic (exact) mass is 381 g/mol. The van der Waals surface area contributed by atoms with Gasteiger partial charge in [0.05, 0.1) is 5.71 Å². The van der Waals surface area contributed by atoms with Crippen LogP contribution < -0.4 is 4.74 Å². The van der Waals surface area contributed by atoms with Gasteiger partial charge in [-0.05, 0) is 42.7 Å². The fourth-order valence-corrected chi connectivity index (χ4v) is 2.99. The fourth-order valence-electron chi connectivity index (χ4n) is 2.99. The van der Waals surface area contributed by atoms with Crippen LogP contribution in [0.5, 0.6) is 11.5 Å². The number of H-pyrrole nitrogens is 1. The largest absolute Gasteiger partial charge is 0.507 e. The number of benzene rings is 2. The Bertz CT molecular complexity index is 937. The van der Waals surface area contributed by atoms with E-state index in [9.17, 15) is 5.11 Å². The fraction of sp³-hybridized carbons (Fsp3) is 0.300. The van der Waals surface area contributed by atoms with Crippen LogP contribution in [0, 0.1) is 0 Å². The van der Waals surface area contributed by atoms with Gasteiger partial charge in [-0.3, -0.25) is 0 Å². The van der Waals surface area contributed by atoms with Crippen LogP contribution in [0.4, 0.5) is 0 Å². The molecule has 0 aliphatic carbocycles. The van der Waals surface area contributed by atoms with Crippen LogP contribution in [-0.2, 0) is 19.4 Å². The first-order valence-corrected chi connectivity index (χ1v) is 9.09. The summed E-state index contributed by atoms with van der Waals surface area (Å²) < 4.78 is 5.91. The van der Waals surface area contributed by atoms with Gasteiger partial charge in [0.15, 0.2) is 5.82 Å². The smallest absolute Gasteiger partial charge is 0.178 e. The Morgan fingerprint density at radius 2 is 1.96 bits per heavy atom. The first-order chi connectivity index (χ1) is 13.6. The molecule has 0 saturated carbocycles. The zero-order valence-electron chi connectivity index (χ0n) is 15.9. The molecule has 0 radical (unpaired) electrons. The Kier molecular flexibility index (Phi) is 6.21. The van der Waals surface area contributed by atoms with Crippen molar-refractivity contribution < 1.29 is 15.1 Å². The molecule has 3 aromatic rings. The molecule has 0 fully saturated rings. The van der Waals surface area contributed by atoms with E-state index < -0.39 is 0 Å². The summed E-state index contributed by atoms with van der Waals surface area (Å²) in [7, 11) is 0. The Balaban J connectivity index is 1.72. The van der Waals surface area contributed by atoms with E-state index in [-0.39, 0.29) is 5.75 Å². The number of hydrogen-bond acceptors (Lipinski definition) is 7. The molecule has 0 saturated heterocycles. The maximum absolute atomic E-state index is 10.6. The molecule has 0 atom stereocenters. The summed E-state index contributed by atoms with van der Waals surface area (Å²) in [5.41, 5.74) is 3.68. The first kappa shape index (κ1) is 19.3. The van der Waals surface area contributed by atoms with E-state index >= 15 is 0 Å². The molecule has 0 aliphatic rings. The van der Waals surface area contributed by atoms with Crippen molar-refractivity contribution in [3.05, 3.63) is 64.5 Å². The number of phenolic OH excluding ortho intramolecular Hbond substituents is 1. The number of nitrogens with one attached hydrogen (secondary N) is 1. The van der Waals surface area contributed by atoms with Gasteiger partial charge in [0, 0.05) is 17.5 Å². The van der Waals surface area contributed by atoms with Crippen molar-refractivity contribution in [1.82, 2.24) is 20.6 Å². The molecule has 2 aromatic carbocycles. The molecule has 3 N–H and O–H groups in total. The lowest BCUT2D eigenvalue weighted by molar-refractivity contribution is 0.303. The minimum Gasteiger partial charge on any atom is -0.507 e. The molecular weight excluding hydrogens is 358 g/mol. The average molecular weight is 381 g/mol. The van der Waals surface area contributed by atoms with E-state index in [4.69, 9.17) is 9.94 Å². The van der Waals surface area contributed by atoms with Crippen LogP contribution in [0.1, 0.15) is 48.3 Å². The second-order valence-corrected chi connectivity index (χ2v) is 6.47. The summed E-state index contributed by atoms with van der Waals surface area (Å²) in [6, 6.07) is 11.4. The molecule has 8 nitrogen and oxygen atoms in total. The highest BCUT2D eigenvalue weighted by atomic mass is 16.5. The summed E-state index contributed by atoms with van der Waals surface area (Å²) in [5, 5.41) is 36.7. The number of hydrogen-bond donors (Lipinski definition) is 3. The number of nitrogens with zero attached hydrogens (tertiary/aromatic N) is 4. The van der Waals surface area contributed by atoms with E-state index in [0.717, 1.165) is 28.9 Å². The van der Waals surface area contributed by atoms with Crippen LogP contribution in [-0.4, -0.2) is 36.6 Å². The van der Waals surface area contributed by atoms with Crippen molar-refractivity contribution in [2.45, 2.75) is 39.7 Å².